The Morgan fingerprint density at radius 1 is 1.09 bits per heavy atom. The van der Waals surface area contributed by atoms with Gasteiger partial charge >= 0.3 is 0 Å². The van der Waals surface area contributed by atoms with E-state index < -0.39 is 0 Å². The first kappa shape index (κ1) is 16.5. The van der Waals surface area contributed by atoms with Gasteiger partial charge < -0.3 is 9.80 Å². The largest absolute Gasteiger partial charge is 0.339 e. The number of carbonyl (C=O) groups is 1. The van der Waals surface area contributed by atoms with Crippen LogP contribution in [0.2, 0.25) is 0 Å². The fourth-order valence-electron chi connectivity index (χ4n) is 3.90. The first-order valence-corrected chi connectivity index (χ1v) is 8.81. The summed E-state index contributed by atoms with van der Waals surface area (Å²) in [5.41, 5.74) is 1.57. The Morgan fingerprint density at radius 3 is 2.48 bits per heavy atom. The SMILES string of the molecule is CN1CCN(C(=O)CN2CCC[C@@](C)(c3ccccc3)C2)CC1. The first-order valence-electron chi connectivity index (χ1n) is 8.81. The number of rotatable bonds is 3. The lowest BCUT2D eigenvalue weighted by Gasteiger charge is -2.41. The molecule has 2 heterocycles. The quantitative estimate of drug-likeness (QED) is 0.851. The summed E-state index contributed by atoms with van der Waals surface area (Å²) in [6.07, 6.45) is 2.37. The zero-order valence-corrected chi connectivity index (χ0v) is 14.5. The summed E-state index contributed by atoms with van der Waals surface area (Å²) in [6.45, 7) is 8.68. The number of hydrogen-bond donors (Lipinski definition) is 0. The summed E-state index contributed by atoms with van der Waals surface area (Å²) < 4.78 is 0. The number of likely N-dealkylation sites (tertiary alicyclic amines) is 1. The van der Waals surface area contributed by atoms with Gasteiger partial charge in [0.25, 0.3) is 0 Å². The third-order valence-electron chi connectivity index (χ3n) is 5.46. The van der Waals surface area contributed by atoms with Crippen molar-refractivity contribution in [3.63, 3.8) is 0 Å². The third-order valence-corrected chi connectivity index (χ3v) is 5.46. The Bertz CT molecular complexity index is 525. The second-order valence-corrected chi connectivity index (χ2v) is 7.42. The van der Waals surface area contributed by atoms with Crippen molar-refractivity contribution in [1.29, 1.82) is 0 Å². The Hall–Kier alpha value is -1.39. The van der Waals surface area contributed by atoms with Crippen molar-refractivity contribution < 1.29 is 4.79 Å². The van der Waals surface area contributed by atoms with Crippen molar-refractivity contribution in [2.75, 3.05) is 52.9 Å². The smallest absolute Gasteiger partial charge is 0.236 e. The van der Waals surface area contributed by atoms with E-state index in [1.54, 1.807) is 0 Å². The van der Waals surface area contributed by atoms with Gasteiger partial charge in [-0.2, -0.15) is 0 Å². The minimum absolute atomic E-state index is 0.169. The molecule has 2 aliphatic heterocycles. The molecule has 1 atom stereocenters. The maximum absolute atomic E-state index is 12.6. The van der Waals surface area contributed by atoms with E-state index in [-0.39, 0.29) is 5.41 Å². The molecule has 2 saturated heterocycles. The molecule has 23 heavy (non-hydrogen) atoms. The summed E-state index contributed by atoms with van der Waals surface area (Å²) >= 11 is 0. The molecule has 0 bridgehead atoms. The van der Waals surface area contributed by atoms with E-state index in [0.29, 0.717) is 12.5 Å². The highest BCUT2D eigenvalue weighted by Crippen LogP contribution is 2.33. The highest BCUT2D eigenvalue weighted by Gasteiger charge is 2.33. The minimum Gasteiger partial charge on any atom is -0.339 e. The predicted octanol–water partition coefficient (Wildman–Crippen LogP) is 1.81. The predicted molar refractivity (Wildman–Crippen MR) is 93.5 cm³/mol. The highest BCUT2D eigenvalue weighted by molar-refractivity contribution is 5.78. The van der Waals surface area contributed by atoms with Crippen molar-refractivity contribution in [1.82, 2.24) is 14.7 Å². The summed E-state index contributed by atoms with van der Waals surface area (Å²) in [6, 6.07) is 10.8. The molecule has 3 rings (SSSR count). The van der Waals surface area contributed by atoms with Crippen LogP contribution in [0.15, 0.2) is 30.3 Å². The topological polar surface area (TPSA) is 26.8 Å². The number of likely N-dealkylation sites (N-methyl/N-ethyl adjacent to an activating group) is 1. The van der Waals surface area contributed by atoms with Crippen LogP contribution >= 0.6 is 0 Å². The summed E-state index contributed by atoms with van der Waals surface area (Å²) in [5, 5.41) is 0. The summed E-state index contributed by atoms with van der Waals surface area (Å²) in [5.74, 6) is 0.301. The van der Waals surface area contributed by atoms with Crippen LogP contribution in [0.1, 0.15) is 25.3 Å². The van der Waals surface area contributed by atoms with Gasteiger partial charge in [0.2, 0.25) is 5.91 Å². The summed E-state index contributed by atoms with van der Waals surface area (Å²) in [7, 11) is 2.12. The van der Waals surface area contributed by atoms with Gasteiger partial charge in [0, 0.05) is 38.1 Å². The first-order chi connectivity index (χ1) is 11.1. The lowest BCUT2D eigenvalue weighted by Crippen LogP contribution is -2.52. The number of carbonyl (C=O) groups excluding carboxylic acids is 1. The molecule has 2 aliphatic rings. The van der Waals surface area contributed by atoms with Crippen molar-refractivity contribution in [3.05, 3.63) is 35.9 Å². The fourth-order valence-corrected chi connectivity index (χ4v) is 3.90. The molecule has 0 radical (unpaired) electrons. The van der Waals surface area contributed by atoms with Gasteiger partial charge in [0.05, 0.1) is 6.54 Å². The number of nitrogens with zero attached hydrogens (tertiary/aromatic N) is 3. The van der Waals surface area contributed by atoms with Gasteiger partial charge in [-0.15, -0.1) is 0 Å². The van der Waals surface area contributed by atoms with E-state index in [0.717, 1.165) is 39.3 Å². The minimum atomic E-state index is 0.169. The number of hydrogen-bond acceptors (Lipinski definition) is 3. The van der Waals surface area contributed by atoms with Gasteiger partial charge in [-0.3, -0.25) is 9.69 Å². The molecule has 1 aromatic carbocycles. The Morgan fingerprint density at radius 2 is 1.78 bits per heavy atom. The monoisotopic (exact) mass is 315 g/mol. The van der Waals surface area contributed by atoms with Crippen molar-refractivity contribution in [3.8, 4) is 0 Å². The zero-order valence-electron chi connectivity index (χ0n) is 14.5. The molecular weight excluding hydrogens is 286 g/mol. The molecule has 4 nitrogen and oxygen atoms in total. The second-order valence-electron chi connectivity index (χ2n) is 7.42. The van der Waals surface area contributed by atoms with E-state index >= 15 is 0 Å². The van der Waals surface area contributed by atoms with Crippen LogP contribution in [0.5, 0.6) is 0 Å². The molecule has 2 fully saturated rings. The number of benzene rings is 1. The Balaban J connectivity index is 1.59. The fraction of sp³-hybridized carbons (Fsp3) is 0.632. The molecular formula is C19H29N3O. The highest BCUT2D eigenvalue weighted by atomic mass is 16.2. The molecule has 0 aliphatic carbocycles. The van der Waals surface area contributed by atoms with E-state index in [1.165, 1.54) is 18.4 Å². The molecule has 0 N–H and O–H groups in total. The Labute approximate surface area is 140 Å². The summed E-state index contributed by atoms with van der Waals surface area (Å²) in [4.78, 5) is 19.3. The molecule has 126 valence electrons. The Kier molecular flexibility index (Phi) is 5.02. The molecule has 4 heteroatoms. The van der Waals surface area contributed by atoms with Crippen LogP contribution < -0.4 is 0 Å². The lowest BCUT2D eigenvalue weighted by molar-refractivity contribution is -0.134. The number of piperazine rings is 1. The van der Waals surface area contributed by atoms with Crippen LogP contribution in [-0.2, 0) is 10.2 Å². The zero-order chi connectivity index (χ0) is 16.3. The normalized spacial score (nSPS) is 27.1. The van der Waals surface area contributed by atoms with E-state index in [9.17, 15) is 4.79 Å². The second kappa shape index (κ2) is 7.02. The average Bonchev–Trinajstić information content (AvgIpc) is 2.56. The lowest BCUT2D eigenvalue weighted by atomic mass is 9.76. The number of piperidine rings is 1. The average molecular weight is 315 g/mol. The van der Waals surface area contributed by atoms with E-state index in [2.05, 4.69) is 54.1 Å². The van der Waals surface area contributed by atoms with Crippen LogP contribution in [0, 0.1) is 0 Å². The van der Waals surface area contributed by atoms with Crippen LogP contribution in [0.3, 0.4) is 0 Å². The van der Waals surface area contributed by atoms with Gasteiger partial charge in [0.1, 0.15) is 0 Å². The molecule has 0 saturated carbocycles. The molecule has 0 aromatic heterocycles. The molecule has 0 spiro atoms. The van der Waals surface area contributed by atoms with Crippen LogP contribution in [0.25, 0.3) is 0 Å². The standard InChI is InChI=1S/C19H29N3O/c1-19(17-7-4-3-5-8-17)9-6-10-21(16-19)15-18(23)22-13-11-20(2)12-14-22/h3-5,7-8H,6,9-16H2,1-2H3/t19-/m1/s1. The van der Waals surface area contributed by atoms with Crippen LogP contribution in [-0.4, -0.2) is 73.5 Å². The molecule has 1 amide bonds. The van der Waals surface area contributed by atoms with Crippen molar-refractivity contribution >= 4 is 5.91 Å². The van der Waals surface area contributed by atoms with E-state index in [4.69, 9.17) is 0 Å². The number of amides is 1. The maximum atomic E-state index is 12.6. The van der Waals surface area contributed by atoms with Gasteiger partial charge in [0.15, 0.2) is 0 Å². The third kappa shape index (κ3) is 3.93. The van der Waals surface area contributed by atoms with Crippen molar-refractivity contribution in [2.45, 2.75) is 25.2 Å². The van der Waals surface area contributed by atoms with Gasteiger partial charge in [-0.05, 0) is 32.0 Å². The molecule has 0 unspecified atom stereocenters. The molecule has 1 aromatic rings. The van der Waals surface area contributed by atoms with Crippen LogP contribution in [0.4, 0.5) is 0 Å². The van der Waals surface area contributed by atoms with E-state index in [1.807, 2.05) is 4.90 Å². The van der Waals surface area contributed by atoms with Gasteiger partial charge in [-0.1, -0.05) is 37.3 Å². The van der Waals surface area contributed by atoms with Crippen molar-refractivity contribution in [2.24, 2.45) is 0 Å². The van der Waals surface area contributed by atoms with Gasteiger partial charge in [-0.25, -0.2) is 0 Å². The maximum Gasteiger partial charge on any atom is 0.236 e.